The lowest BCUT2D eigenvalue weighted by atomic mass is 10.2. The summed E-state index contributed by atoms with van der Waals surface area (Å²) >= 11 is 1.38. The van der Waals surface area contributed by atoms with Gasteiger partial charge in [0.1, 0.15) is 22.8 Å². The van der Waals surface area contributed by atoms with Gasteiger partial charge in [0.25, 0.3) is 5.22 Å². The monoisotopic (exact) mass is 267 g/mol. The molecule has 18 heavy (non-hydrogen) atoms. The normalized spacial score (nSPS) is 10.8. The molecule has 2 aromatic heterocycles. The summed E-state index contributed by atoms with van der Waals surface area (Å²) in [5.41, 5.74) is 1.06. The quantitative estimate of drug-likeness (QED) is 0.857. The fraction of sp³-hybridized carbons (Fsp3) is 0.333. The molecule has 0 radical (unpaired) electrons. The highest BCUT2D eigenvalue weighted by Crippen LogP contribution is 2.26. The third-order valence-electron chi connectivity index (χ3n) is 2.55. The van der Waals surface area contributed by atoms with Gasteiger partial charge >= 0.3 is 5.97 Å². The van der Waals surface area contributed by atoms with Crippen molar-refractivity contribution in [3.05, 3.63) is 34.6 Å². The first-order valence-electron chi connectivity index (χ1n) is 5.37. The number of carbonyl (C=O) groups is 1. The Bertz CT molecular complexity index is 565. The van der Waals surface area contributed by atoms with Gasteiger partial charge in [0.05, 0.1) is 11.4 Å². The van der Waals surface area contributed by atoms with Crippen LogP contribution in [0.4, 0.5) is 0 Å². The van der Waals surface area contributed by atoms with Gasteiger partial charge in [-0.15, -0.1) is 0 Å². The average molecular weight is 267 g/mol. The zero-order valence-electron chi connectivity index (χ0n) is 10.3. The van der Waals surface area contributed by atoms with Gasteiger partial charge in [0.2, 0.25) is 0 Å². The first-order valence-corrected chi connectivity index (χ1v) is 6.35. The van der Waals surface area contributed by atoms with E-state index in [1.165, 1.54) is 17.8 Å². The summed E-state index contributed by atoms with van der Waals surface area (Å²) in [7, 11) is 0. The van der Waals surface area contributed by atoms with Crippen molar-refractivity contribution < 1.29 is 18.7 Å². The van der Waals surface area contributed by atoms with E-state index in [1.54, 1.807) is 6.92 Å². The number of rotatable bonds is 4. The van der Waals surface area contributed by atoms with Gasteiger partial charge in [-0.2, -0.15) is 0 Å². The maximum Gasteiger partial charge on any atom is 0.339 e. The number of furan rings is 1. The Hall–Kier alpha value is -1.69. The SMILES string of the molecule is Cc1nc(SCc2cc(C(=O)O)c(C)o2)oc1C. The Morgan fingerprint density at radius 2 is 2.06 bits per heavy atom. The molecule has 0 saturated carbocycles. The molecule has 0 atom stereocenters. The number of aromatic nitrogens is 1. The minimum absolute atomic E-state index is 0.199. The highest BCUT2D eigenvalue weighted by molar-refractivity contribution is 7.98. The molecule has 0 amide bonds. The number of carboxylic acids is 1. The molecule has 0 aliphatic carbocycles. The Morgan fingerprint density at radius 1 is 1.33 bits per heavy atom. The molecule has 6 heteroatoms. The average Bonchev–Trinajstić information content (AvgIpc) is 2.80. The van der Waals surface area contributed by atoms with Gasteiger partial charge in [-0.1, -0.05) is 11.8 Å². The smallest absolute Gasteiger partial charge is 0.339 e. The Morgan fingerprint density at radius 3 is 2.56 bits per heavy atom. The largest absolute Gasteiger partial charge is 0.478 e. The van der Waals surface area contributed by atoms with Gasteiger partial charge in [-0.05, 0) is 26.8 Å². The van der Waals surface area contributed by atoms with E-state index in [0.717, 1.165) is 11.5 Å². The van der Waals surface area contributed by atoms with Crippen molar-refractivity contribution in [2.45, 2.75) is 31.7 Å². The van der Waals surface area contributed by atoms with E-state index in [9.17, 15) is 4.79 Å². The summed E-state index contributed by atoms with van der Waals surface area (Å²) in [6.07, 6.45) is 0. The Kier molecular flexibility index (Phi) is 3.47. The van der Waals surface area contributed by atoms with Crippen molar-refractivity contribution >= 4 is 17.7 Å². The predicted molar refractivity (Wildman–Crippen MR) is 65.9 cm³/mol. The van der Waals surface area contributed by atoms with Crippen LogP contribution in [0.25, 0.3) is 0 Å². The van der Waals surface area contributed by atoms with Crippen LogP contribution in [0, 0.1) is 20.8 Å². The zero-order valence-corrected chi connectivity index (χ0v) is 11.1. The second-order valence-corrected chi connectivity index (χ2v) is 4.82. The fourth-order valence-corrected chi connectivity index (χ4v) is 2.26. The summed E-state index contributed by atoms with van der Waals surface area (Å²) in [6, 6.07) is 1.54. The van der Waals surface area contributed by atoms with Crippen LogP contribution < -0.4 is 0 Å². The third kappa shape index (κ3) is 2.59. The summed E-state index contributed by atoms with van der Waals surface area (Å²) in [4.78, 5) is 15.1. The lowest BCUT2D eigenvalue weighted by molar-refractivity contribution is 0.0695. The van der Waals surface area contributed by atoms with Crippen LogP contribution in [0.5, 0.6) is 0 Å². The van der Waals surface area contributed by atoms with Crippen LogP contribution in [-0.2, 0) is 5.75 Å². The lowest BCUT2D eigenvalue weighted by Gasteiger charge is -1.92. The van der Waals surface area contributed by atoms with Crippen molar-refractivity contribution in [2.24, 2.45) is 0 Å². The first-order chi connectivity index (χ1) is 8.47. The van der Waals surface area contributed by atoms with Crippen molar-refractivity contribution in [3.8, 4) is 0 Å². The molecule has 2 rings (SSSR count). The van der Waals surface area contributed by atoms with Gasteiger partial charge < -0.3 is 13.9 Å². The number of nitrogens with zero attached hydrogens (tertiary/aromatic N) is 1. The highest BCUT2D eigenvalue weighted by Gasteiger charge is 2.14. The number of aryl methyl sites for hydroxylation is 3. The van der Waals surface area contributed by atoms with Crippen molar-refractivity contribution in [2.75, 3.05) is 0 Å². The summed E-state index contributed by atoms with van der Waals surface area (Å²) in [6.45, 7) is 5.37. The standard InChI is InChI=1S/C12H13NO4S/c1-6-7(2)17-12(13-6)18-5-9-4-10(11(14)15)8(3)16-9/h4H,5H2,1-3H3,(H,14,15). The number of aromatic carboxylic acids is 1. The van der Waals surface area contributed by atoms with Crippen LogP contribution in [0.15, 0.2) is 20.1 Å². The number of hydrogen-bond acceptors (Lipinski definition) is 5. The van der Waals surface area contributed by atoms with Gasteiger partial charge in [-0.25, -0.2) is 9.78 Å². The number of carboxylic acid groups (broad SMARTS) is 1. The van der Waals surface area contributed by atoms with Crippen LogP contribution in [0.3, 0.4) is 0 Å². The van der Waals surface area contributed by atoms with Gasteiger partial charge in [0, 0.05) is 0 Å². The highest BCUT2D eigenvalue weighted by atomic mass is 32.2. The van der Waals surface area contributed by atoms with Crippen LogP contribution in [0.1, 0.15) is 33.3 Å². The number of oxazole rings is 1. The molecule has 0 spiro atoms. The minimum Gasteiger partial charge on any atom is -0.478 e. The first kappa shape index (κ1) is 12.8. The van der Waals surface area contributed by atoms with E-state index < -0.39 is 5.97 Å². The molecular weight excluding hydrogens is 254 g/mol. The van der Waals surface area contributed by atoms with E-state index in [0.29, 0.717) is 22.5 Å². The molecule has 0 bridgehead atoms. The fourth-order valence-electron chi connectivity index (χ4n) is 1.47. The van der Waals surface area contributed by atoms with Crippen molar-refractivity contribution in [1.29, 1.82) is 0 Å². The van der Waals surface area contributed by atoms with Crippen molar-refractivity contribution in [3.63, 3.8) is 0 Å². The van der Waals surface area contributed by atoms with E-state index in [4.69, 9.17) is 13.9 Å². The third-order valence-corrected chi connectivity index (χ3v) is 3.40. The van der Waals surface area contributed by atoms with Crippen LogP contribution in [0.2, 0.25) is 0 Å². The molecule has 1 N–H and O–H groups in total. The molecule has 5 nitrogen and oxygen atoms in total. The number of thioether (sulfide) groups is 1. The van der Waals surface area contributed by atoms with E-state index in [-0.39, 0.29) is 5.56 Å². The zero-order chi connectivity index (χ0) is 13.3. The second kappa shape index (κ2) is 4.89. The van der Waals surface area contributed by atoms with Gasteiger partial charge in [0.15, 0.2) is 0 Å². The molecule has 2 heterocycles. The summed E-state index contributed by atoms with van der Waals surface area (Å²) < 4.78 is 10.8. The molecule has 0 unspecified atom stereocenters. The summed E-state index contributed by atoms with van der Waals surface area (Å²) in [5, 5.41) is 9.47. The molecular formula is C12H13NO4S. The minimum atomic E-state index is -0.977. The van der Waals surface area contributed by atoms with E-state index in [1.807, 2.05) is 13.8 Å². The Balaban J connectivity index is 2.06. The molecule has 0 aliphatic rings. The van der Waals surface area contributed by atoms with Crippen LogP contribution in [-0.4, -0.2) is 16.1 Å². The van der Waals surface area contributed by atoms with E-state index >= 15 is 0 Å². The number of hydrogen-bond donors (Lipinski definition) is 1. The molecule has 96 valence electrons. The lowest BCUT2D eigenvalue weighted by Crippen LogP contribution is -1.94. The Labute approximate surface area is 108 Å². The molecule has 0 aromatic carbocycles. The van der Waals surface area contributed by atoms with E-state index in [2.05, 4.69) is 4.98 Å². The van der Waals surface area contributed by atoms with Gasteiger partial charge in [-0.3, -0.25) is 0 Å². The second-order valence-electron chi connectivity index (χ2n) is 3.90. The maximum absolute atomic E-state index is 10.9. The molecule has 0 fully saturated rings. The summed E-state index contributed by atoms with van der Waals surface area (Å²) in [5.74, 6) is 1.32. The molecule has 0 saturated heterocycles. The molecule has 0 aliphatic heterocycles. The predicted octanol–water partition coefficient (Wildman–Crippen LogP) is 3.18. The van der Waals surface area contributed by atoms with Crippen molar-refractivity contribution in [1.82, 2.24) is 4.98 Å². The van der Waals surface area contributed by atoms with Crippen LogP contribution >= 0.6 is 11.8 Å². The maximum atomic E-state index is 10.9. The molecule has 2 aromatic rings. The topological polar surface area (TPSA) is 76.5 Å².